The summed E-state index contributed by atoms with van der Waals surface area (Å²) >= 11 is 5.92. The van der Waals surface area contributed by atoms with Crippen molar-refractivity contribution in [3.8, 4) is 11.1 Å². The molecule has 0 radical (unpaired) electrons. The minimum absolute atomic E-state index is 0.220. The van der Waals surface area contributed by atoms with Crippen LogP contribution in [0.2, 0.25) is 5.02 Å². The second kappa shape index (κ2) is 4.84. The Morgan fingerprint density at radius 1 is 1.06 bits per heavy atom. The van der Waals surface area contributed by atoms with E-state index in [1.807, 2.05) is 6.92 Å². The first-order valence-corrected chi connectivity index (χ1v) is 5.74. The maximum atomic E-state index is 14.1. The largest absolute Gasteiger partial charge is 0.207 e. The normalized spacial score (nSPS) is 10.6. The van der Waals surface area contributed by atoms with E-state index >= 15 is 0 Å². The molecule has 0 spiro atoms. The van der Waals surface area contributed by atoms with E-state index in [4.69, 9.17) is 11.6 Å². The molecular weight excluding hydrogens is 242 g/mol. The maximum absolute atomic E-state index is 14.1. The molecule has 0 heterocycles. The van der Waals surface area contributed by atoms with Gasteiger partial charge in [-0.25, -0.2) is 8.78 Å². The van der Waals surface area contributed by atoms with E-state index in [1.54, 1.807) is 18.2 Å². The average molecular weight is 253 g/mol. The van der Waals surface area contributed by atoms with Crippen molar-refractivity contribution in [2.24, 2.45) is 0 Å². The summed E-state index contributed by atoms with van der Waals surface area (Å²) in [5.41, 5.74) is 1.55. The zero-order chi connectivity index (χ0) is 12.4. The molecule has 0 atom stereocenters. The van der Waals surface area contributed by atoms with Crippen molar-refractivity contribution in [2.75, 3.05) is 0 Å². The van der Waals surface area contributed by atoms with Gasteiger partial charge in [0.05, 0.1) is 5.02 Å². The lowest BCUT2D eigenvalue weighted by molar-refractivity contribution is 0.615. The summed E-state index contributed by atoms with van der Waals surface area (Å²) < 4.78 is 27.0. The zero-order valence-electron chi connectivity index (χ0n) is 9.31. The lowest BCUT2D eigenvalue weighted by atomic mass is 10.0. The molecule has 0 aliphatic heterocycles. The fourth-order valence-electron chi connectivity index (χ4n) is 1.77. The minimum Gasteiger partial charge on any atom is -0.207 e. The Morgan fingerprint density at radius 2 is 1.82 bits per heavy atom. The highest BCUT2D eigenvalue weighted by Gasteiger charge is 2.11. The van der Waals surface area contributed by atoms with Crippen molar-refractivity contribution in [3.63, 3.8) is 0 Å². The Balaban J connectivity index is 2.60. The quantitative estimate of drug-likeness (QED) is 0.717. The van der Waals surface area contributed by atoms with Crippen LogP contribution in [0.25, 0.3) is 11.1 Å². The van der Waals surface area contributed by atoms with E-state index in [0.29, 0.717) is 23.1 Å². The molecule has 0 fully saturated rings. The number of rotatable bonds is 2. The molecule has 3 heteroatoms. The molecule has 0 N–H and O–H groups in total. The number of benzene rings is 2. The predicted octanol–water partition coefficient (Wildman–Crippen LogP) is 4.85. The third kappa shape index (κ3) is 2.32. The molecular formula is C14H11ClF2. The third-order valence-corrected chi connectivity index (χ3v) is 2.99. The van der Waals surface area contributed by atoms with Gasteiger partial charge in [0.15, 0.2) is 0 Å². The molecule has 0 saturated heterocycles. The van der Waals surface area contributed by atoms with Crippen LogP contribution in [0, 0.1) is 11.6 Å². The van der Waals surface area contributed by atoms with Gasteiger partial charge in [-0.05, 0) is 30.2 Å². The zero-order valence-corrected chi connectivity index (χ0v) is 10.1. The number of halogens is 3. The van der Waals surface area contributed by atoms with Crippen molar-refractivity contribution < 1.29 is 8.78 Å². The van der Waals surface area contributed by atoms with Gasteiger partial charge >= 0.3 is 0 Å². The van der Waals surface area contributed by atoms with Crippen molar-refractivity contribution in [3.05, 3.63) is 58.6 Å². The van der Waals surface area contributed by atoms with Crippen LogP contribution in [-0.2, 0) is 6.42 Å². The van der Waals surface area contributed by atoms with Crippen molar-refractivity contribution in [2.45, 2.75) is 13.3 Å². The SMILES string of the molecule is CCc1cccc(-c2ccc(F)cc2Cl)c1F. The minimum atomic E-state index is -0.425. The van der Waals surface area contributed by atoms with Crippen LogP contribution in [-0.4, -0.2) is 0 Å². The fraction of sp³-hybridized carbons (Fsp3) is 0.143. The summed E-state index contributed by atoms with van der Waals surface area (Å²) in [5, 5.41) is 0.220. The average Bonchev–Trinajstić information content (AvgIpc) is 2.30. The second-order valence-electron chi connectivity index (χ2n) is 3.76. The lowest BCUT2D eigenvalue weighted by Gasteiger charge is -2.08. The molecule has 0 unspecified atom stereocenters. The van der Waals surface area contributed by atoms with Crippen molar-refractivity contribution in [1.29, 1.82) is 0 Å². The van der Waals surface area contributed by atoms with E-state index in [9.17, 15) is 8.78 Å². The van der Waals surface area contributed by atoms with Crippen LogP contribution < -0.4 is 0 Å². The van der Waals surface area contributed by atoms with Gasteiger partial charge in [-0.15, -0.1) is 0 Å². The Morgan fingerprint density at radius 3 is 2.47 bits per heavy atom. The van der Waals surface area contributed by atoms with E-state index in [0.717, 1.165) is 0 Å². The standard InChI is InChI=1S/C14H11ClF2/c1-2-9-4-3-5-12(14(9)17)11-7-6-10(16)8-13(11)15/h3-8H,2H2,1H3. The Hall–Kier alpha value is -1.41. The van der Waals surface area contributed by atoms with Crippen molar-refractivity contribution in [1.82, 2.24) is 0 Å². The van der Waals surface area contributed by atoms with Crippen LogP contribution >= 0.6 is 11.6 Å². The summed E-state index contributed by atoms with van der Waals surface area (Å²) in [7, 11) is 0. The number of hydrogen-bond donors (Lipinski definition) is 0. The highest BCUT2D eigenvalue weighted by molar-refractivity contribution is 6.33. The van der Waals surface area contributed by atoms with Crippen molar-refractivity contribution >= 4 is 11.6 Å². The van der Waals surface area contributed by atoms with Gasteiger partial charge < -0.3 is 0 Å². The topological polar surface area (TPSA) is 0 Å². The fourth-order valence-corrected chi connectivity index (χ4v) is 2.04. The summed E-state index contributed by atoms with van der Waals surface area (Å²) in [6.45, 7) is 1.88. The molecule has 0 aliphatic rings. The maximum Gasteiger partial charge on any atom is 0.134 e. The molecule has 0 aromatic heterocycles. The van der Waals surface area contributed by atoms with Gasteiger partial charge in [-0.3, -0.25) is 0 Å². The van der Waals surface area contributed by atoms with Crippen LogP contribution in [0.4, 0.5) is 8.78 Å². The van der Waals surface area contributed by atoms with Crippen LogP contribution in [0.3, 0.4) is 0 Å². The molecule has 17 heavy (non-hydrogen) atoms. The summed E-state index contributed by atoms with van der Waals surface area (Å²) in [5.74, 6) is -0.714. The smallest absolute Gasteiger partial charge is 0.134 e. The van der Waals surface area contributed by atoms with Crippen LogP contribution in [0.5, 0.6) is 0 Å². The molecule has 2 rings (SSSR count). The van der Waals surface area contributed by atoms with Crippen LogP contribution in [0.1, 0.15) is 12.5 Å². The highest BCUT2D eigenvalue weighted by atomic mass is 35.5. The number of aryl methyl sites for hydroxylation is 1. The first-order chi connectivity index (χ1) is 8.13. The van der Waals surface area contributed by atoms with Gasteiger partial charge in [-0.1, -0.05) is 36.7 Å². The van der Waals surface area contributed by atoms with Crippen LogP contribution in [0.15, 0.2) is 36.4 Å². The Labute approximate surface area is 104 Å². The molecule has 0 aliphatic carbocycles. The van der Waals surface area contributed by atoms with Gasteiger partial charge in [0.25, 0.3) is 0 Å². The summed E-state index contributed by atoms with van der Waals surface area (Å²) in [6, 6.07) is 9.12. The van der Waals surface area contributed by atoms with E-state index in [1.165, 1.54) is 18.2 Å². The predicted molar refractivity (Wildman–Crippen MR) is 66.2 cm³/mol. The third-order valence-electron chi connectivity index (χ3n) is 2.68. The Kier molecular flexibility index (Phi) is 3.43. The molecule has 0 saturated carbocycles. The van der Waals surface area contributed by atoms with Gasteiger partial charge in [0, 0.05) is 11.1 Å². The molecule has 88 valence electrons. The first kappa shape index (κ1) is 12.1. The van der Waals surface area contributed by atoms with E-state index < -0.39 is 5.82 Å². The van der Waals surface area contributed by atoms with Gasteiger partial charge in [0.2, 0.25) is 0 Å². The molecule has 0 amide bonds. The van der Waals surface area contributed by atoms with E-state index in [-0.39, 0.29) is 10.8 Å². The first-order valence-electron chi connectivity index (χ1n) is 5.36. The highest BCUT2D eigenvalue weighted by Crippen LogP contribution is 2.31. The second-order valence-corrected chi connectivity index (χ2v) is 4.16. The molecule has 0 nitrogen and oxygen atoms in total. The summed E-state index contributed by atoms with van der Waals surface area (Å²) in [6.07, 6.45) is 0.610. The molecule has 2 aromatic carbocycles. The molecule has 0 bridgehead atoms. The summed E-state index contributed by atoms with van der Waals surface area (Å²) in [4.78, 5) is 0. The Bertz CT molecular complexity index is 550. The molecule has 2 aromatic rings. The van der Waals surface area contributed by atoms with E-state index in [2.05, 4.69) is 0 Å². The monoisotopic (exact) mass is 252 g/mol. The lowest BCUT2D eigenvalue weighted by Crippen LogP contribution is -1.92. The number of hydrogen-bond acceptors (Lipinski definition) is 0. The van der Waals surface area contributed by atoms with Gasteiger partial charge in [-0.2, -0.15) is 0 Å². The van der Waals surface area contributed by atoms with Gasteiger partial charge in [0.1, 0.15) is 11.6 Å².